The van der Waals surface area contributed by atoms with Crippen molar-refractivity contribution in [2.75, 3.05) is 18.1 Å². The highest BCUT2D eigenvalue weighted by atomic mass is 32.2. The van der Waals surface area contributed by atoms with Gasteiger partial charge < -0.3 is 4.90 Å². The molecule has 2 rings (SSSR count). The third kappa shape index (κ3) is 2.61. The monoisotopic (exact) mass is 288 g/mol. The Morgan fingerprint density at radius 3 is 2.94 bits per heavy atom. The minimum atomic E-state index is -2.95. The third-order valence-corrected chi connectivity index (χ3v) is 6.27. The molecule has 100 valence electrons. The highest BCUT2D eigenvalue weighted by Crippen LogP contribution is 2.37. The van der Waals surface area contributed by atoms with Gasteiger partial charge in [-0.15, -0.1) is 6.58 Å². The number of nitrogens with zero attached hydrogens (tertiary/aromatic N) is 2. The molecule has 0 radical (unpaired) electrons. The summed E-state index contributed by atoms with van der Waals surface area (Å²) in [7, 11) is -2.95. The van der Waals surface area contributed by atoms with Crippen molar-refractivity contribution in [2.45, 2.75) is 24.6 Å². The van der Waals surface area contributed by atoms with Crippen LogP contribution in [0.5, 0.6) is 0 Å². The van der Waals surface area contributed by atoms with Crippen LogP contribution < -0.4 is 0 Å². The molecule has 0 bridgehead atoms. The fraction of sp³-hybridized carbons (Fsp3) is 0.636. The highest BCUT2D eigenvalue weighted by molar-refractivity contribution is 8.15. The van der Waals surface area contributed by atoms with Gasteiger partial charge in [0.15, 0.2) is 15.0 Å². The summed E-state index contributed by atoms with van der Waals surface area (Å²) in [4.78, 5) is 17.3. The second-order valence-corrected chi connectivity index (χ2v) is 7.74. The topological polar surface area (TPSA) is 66.8 Å². The zero-order valence-corrected chi connectivity index (χ0v) is 11.8. The van der Waals surface area contributed by atoms with Crippen molar-refractivity contribution in [1.82, 2.24) is 4.90 Å². The molecule has 0 N–H and O–H groups in total. The molecule has 5 nitrogen and oxygen atoms in total. The summed E-state index contributed by atoms with van der Waals surface area (Å²) in [5.41, 5.74) is 0. The van der Waals surface area contributed by atoms with Crippen LogP contribution in [0, 0.1) is 0 Å². The average molecular weight is 288 g/mol. The first kappa shape index (κ1) is 13.6. The first-order valence-electron chi connectivity index (χ1n) is 5.83. The normalized spacial score (nSPS) is 31.6. The maximum absolute atomic E-state index is 11.6. The Bertz CT molecular complexity index is 498. The number of carbonyl (C=O) groups excluding carboxylic acids is 1. The molecule has 0 spiro atoms. The van der Waals surface area contributed by atoms with E-state index in [1.165, 1.54) is 11.8 Å². The van der Waals surface area contributed by atoms with Crippen LogP contribution in [0.3, 0.4) is 0 Å². The van der Waals surface area contributed by atoms with E-state index in [-0.39, 0.29) is 28.7 Å². The smallest absolute Gasteiger partial charge is 0.247 e. The van der Waals surface area contributed by atoms with Crippen molar-refractivity contribution >= 4 is 32.7 Å². The Morgan fingerprint density at radius 2 is 2.33 bits per heavy atom. The Labute approximate surface area is 111 Å². The van der Waals surface area contributed by atoms with E-state index in [0.717, 1.165) is 0 Å². The lowest BCUT2D eigenvalue weighted by Crippen LogP contribution is -2.37. The molecule has 2 saturated heterocycles. The number of sulfone groups is 1. The molecular formula is C11H16N2O3S2. The summed E-state index contributed by atoms with van der Waals surface area (Å²) < 4.78 is 23.2. The quantitative estimate of drug-likeness (QED) is 0.714. The Morgan fingerprint density at radius 1 is 1.61 bits per heavy atom. The standard InChI is InChI=1S/C11H16N2O3S2/c1-3-5-13-8-6-18(15,16)7-9(8)17-11(13)12-10(14)4-2/h3,8-9H,1,4-7H2,2H3/t8-,9-/m1/s1. The number of amidine groups is 1. The summed E-state index contributed by atoms with van der Waals surface area (Å²) in [5.74, 6) is 0.155. The number of thioether (sulfide) groups is 1. The molecule has 0 aromatic heterocycles. The first-order valence-corrected chi connectivity index (χ1v) is 8.53. The maximum Gasteiger partial charge on any atom is 0.247 e. The fourth-order valence-corrected chi connectivity index (χ4v) is 6.15. The van der Waals surface area contributed by atoms with Crippen molar-refractivity contribution < 1.29 is 13.2 Å². The molecule has 2 aliphatic rings. The van der Waals surface area contributed by atoms with Crippen LogP contribution in [0.25, 0.3) is 0 Å². The minimum Gasteiger partial charge on any atom is -0.342 e. The van der Waals surface area contributed by atoms with E-state index >= 15 is 0 Å². The van der Waals surface area contributed by atoms with Crippen molar-refractivity contribution in [2.24, 2.45) is 4.99 Å². The van der Waals surface area contributed by atoms with Crippen molar-refractivity contribution in [3.8, 4) is 0 Å². The SMILES string of the molecule is C=CCN1C(=NC(=O)CC)S[C@@H]2CS(=O)(=O)C[C@H]21. The zero-order valence-electron chi connectivity index (χ0n) is 10.2. The van der Waals surface area contributed by atoms with Crippen molar-refractivity contribution in [3.63, 3.8) is 0 Å². The van der Waals surface area contributed by atoms with Gasteiger partial charge in [0, 0.05) is 18.2 Å². The van der Waals surface area contributed by atoms with Gasteiger partial charge in [0.05, 0.1) is 17.5 Å². The Balaban J connectivity index is 2.24. The van der Waals surface area contributed by atoms with Crippen LogP contribution in [0.15, 0.2) is 17.6 Å². The van der Waals surface area contributed by atoms with Gasteiger partial charge in [-0.2, -0.15) is 4.99 Å². The van der Waals surface area contributed by atoms with Gasteiger partial charge in [0.1, 0.15) is 0 Å². The van der Waals surface area contributed by atoms with Gasteiger partial charge in [0.2, 0.25) is 5.91 Å². The average Bonchev–Trinajstić information content (AvgIpc) is 2.73. The van der Waals surface area contributed by atoms with Crippen LogP contribution in [-0.4, -0.2) is 53.7 Å². The largest absolute Gasteiger partial charge is 0.342 e. The van der Waals surface area contributed by atoms with E-state index in [2.05, 4.69) is 11.6 Å². The van der Waals surface area contributed by atoms with E-state index in [9.17, 15) is 13.2 Å². The molecule has 0 unspecified atom stereocenters. The molecule has 0 aromatic rings. The van der Waals surface area contributed by atoms with E-state index in [1.54, 1.807) is 13.0 Å². The van der Waals surface area contributed by atoms with Gasteiger partial charge in [-0.25, -0.2) is 8.42 Å². The third-order valence-electron chi connectivity index (χ3n) is 3.02. The molecule has 2 atom stereocenters. The van der Waals surface area contributed by atoms with E-state index in [0.29, 0.717) is 18.1 Å². The number of fused-ring (bicyclic) bond motifs is 1. The lowest BCUT2D eigenvalue weighted by molar-refractivity contribution is -0.117. The Hall–Kier alpha value is -0.820. The number of carbonyl (C=O) groups is 1. The van der Waals surface area contributed by atoms with Crippen LogP contribution in [0.4, 0.5) is 0 Å². The Kier molecular flexibility index (Phi) is 3.82. The van der Waals surface area contributed by atoms with Crippen LogP contribution >= 0.6 is 11.8 Å². The summed E-state index contributed by atoms with van der Waals surface area (Å²) in [6.45, 7) is 5.95. The number of aliphatic imine (C=N–C) groups is 1. The predicted molar refractivity (Wildman–Crippen MR) is 73.5 cm³/mol. The van der Waals surface area contributed by atoms with Crippen molar-refractivity contribution in [1.29, 1.82) is 0 Å². The molecule has 2 fully saturated rings. The van der Waals surface area contributed by atoms with Crippen LogP contribution in [-0.2, 0) is 14.6 Å². The van der Waals surface area contributed by atoms with Gasteiger partial charge >= 0.3 is 0 Å². The molecular weight excluding hydrogens is 272 g/mol. The molecule has 0 aliphatic carbocycles. The number of hydrogen-bond acceptors (Lipinski definition) is 4. The van der Waals surface area contributed by atoms with Gasteiger partial charge in [-0.05, 0) is 0 Å². The minimum absolute atomic E-state index is 0.00152. The van der Waals surface area contributed by atoms with Crippen LogP contribution in [0.2, 0.25) is 0 Å². The molecule has 0 aromatic carbocycles. The molecule has 0 saturated carbocycles. The maximum atomic E-state index is 11.6. The second-order valence-electron chi connectivity index (χ2n) is 4.38. The zero-order chi connectivity index (χ0) is 13.3. The second kappa shape index (κ2) is 5.05. The van der Waals surface area contributed by atoms with Gasteiger partial charge in [-0.3, -0.25) is 4.79 Å². The number of amides is 1. The molecule has 2 heterocycles. The van der Waals surface area contributed by atoms with Crippen LogP contribution in [0.1, 0.15) is 13.3 Å². The lowest BCUT2D eigenvalue weighted by Gasteiger charge is -2.22. The van der Waals surface area contributed by atoms with Gasteiger partial charge in [-0.1, -0.05) is 24.8 Å². The van der Waals surface area contributed by atoms with E-state index < -0.39 is 9.84 Å². The number of rotatable bonds is 3. The molecule has 2 aliphatic heterocycles. The number of hydrogen-bond donors (Lipinski definition) is 0. The molecule has 18 heavy (non-hydrogen) atoms. The summed E-state index contributed by atoms with van der Waals surface area (Å²) >= 11 is 1.40. The van der Waals surface area contributed by atoms with Crippen molar-refractivity contribution in [3.05, 3.63) is 12.7 Å². The fourth-order valence-electron chi connectivity index (χ4n) is 2.17. The lowest BCUT2D eigenvalue weighted by atomic mass is 10.2. The molecule has 1 amide bonds. The summed E-state index contributed by atoms with van der Waals surface area (Å²) in [5, 5.41) is 0.644. The summed E-state index contributed by atoms with van der Waals surface area (Å²) in [6.07, 6.45) is 2.07. The van der Waals surface area contributed by atoms with Gasteiger partial charge in [0.25, 0.3) is 0 Å². The van der Waals surface area contributed by atoms with E-state index in [4.69, 9.17) is 0 Å². The van der Waals surface area contributed by atoms with E-state index in [1.807, 2.05) is 4.90 Å². The molecule has 7 heteroatoms. The summed E-state index contributed by atoms with van der Waals surface area (Å²) in [6, 6.07) is -0.0681. The predicted octanol–water partition coefficient (Wildman–Crippen LogP) is 0.679. The highest BCUT2D eigenvalue weighted by Gasteiger charge is 2.48. The first-order chi connectivity index (χ1) is 8.46.